The number of aliphatic imine (C=N–C) groups is 1. The number of ether oxygens (including phenoxy) is 1. The van der Waals surface area contributed by atoms with Gasteiger partial charge in [-0.3, -0.25) is 4.99 Å². The maximum absolute atomic E-state index is 11.5. The number of benzene rings is 1. The van der Waals surface area contributed by atoms with Crippen LogP contribution in [0.2, 0.25) is 5.02 Å². The van der Waals surface area contributed by atoms with Crippen molar-refractivity contribution >= 4 is 34.4 Å². The van der Waals surface area contributed by atoms with E-state index in [0.29, 0.717) is 17.4 Å². The number of hydrogen-bond acceptors (Lipinski definition) is 4. The van der Waals surface area contributed by atoms with E-state index < -0.39 is 0 Å². The van der Waals surface area contributed by atoms with Gasteiger partial charge in [0.05, 0.1) is 11.7 Å². The lowest BCUT2D eigenvalue weighted by Crippen LogP contribution is -2.21. The standard InChI is InChI=1S/C12H12ClNO2S/c1-2-16-12(15)10-7-17-11(14-10)8-3-5-9(13)6-4-8/h3-6,10H,2,7H2,1H3. The lowest BCUT2D eigenvalue weighted by atomic mass is 10.2. The van der Waals surface area contributed by atoms with E-state index in [-0.39, 0.29) is 12.0 Å². The van der Waals surface area contributed by atoms with Gasteiger partial charge in [0.1, 0.15) is 0 Å². The smallest absolute Gasteiger partial charge is 0.331 e. The molecule has 0 fully saturated rings. The fourth-order valence-electron chi connectivity index (χ4n) is 1.48. The molecule has 0 saturated heterocycles. The number of hydrogen-bond donors (Lipinski definition) is 0. The Morgan fingerprint density at radius 1 is 1.53 bits per heavy atom. The first-order chi connectivity index (χ1) is 8.20. The van der Waals surface area contributed by atoms with Crippen molar-refractivity contribution in [3.8, 4) is 0 Å². The van der Waals surface area contributed by atoms with Gasteiger partial charge in [0.15, 0.2) is 6.04 Å². The highest BCUT2D eigenvalue weighted by Gasteiger charge is 2.26. The summed E-state index contributed by atoms with van der Waals surface area (Å²) in [7, 11) is 0. The molecular formula is C12H12ClNO2S. The first-order valence-corrected chi connectivity index (χ1v) is 6.70. The van der Waals surface area contributed by atoms with Crippen LogP contribution in [0.25, 0.3) is 0 Å². The molecule has 5 heteroatoms. The average Bonchev–Trinajstić information content (AvgIpc) is 2.80. The highest BCUT2D eigenvalue weighted by molar-refractivity contribution is 8.14. The van der Waals surface area contributed by atoms with Crippen molar-refractivity contribution in [2.75, 3.05) is 12.4 Å². The number of thioether (sulfide) groups is 1. The molecule has 0 saturated carbocycles. The molecule has 1 unspecified atom stereocenters. The lowest BCUT2D eigenvalue weighted by molar-refractivity contribution is -0.143. The molecule has 1 aliphatic rings. The zero-order valence-electron chi connectivity index (χ0n) is 9.35. The summed E-state index contributed by atoms with van der Waals surface area (Å²) in [6.07, 6.45) is 0. The summed E-state index contributed by atoms with van der Waals surface area (Å²) in [4.78, 5) is 15.9. The third-order valence-electron chi connectivity index (χ3n) is 2.30. The van der Waals surface area contributed by atoms with Gasteiger partial charge in [-0.2, -0.15) is 0 Å². The minimum atomic E-state index is -0.370. The van der Waals surface area contributed by atoms with Crippen molar-refractivity contribution in [2.24, 2.45) is 4.99 Å². The Hall–Kier alpha value is -1.00. The zero-order valence-corrected chi connectivity index (χ0v) is 10.9. The Morgan fingerprint density at radius 3 is 2.88 bits per heavy atom. The number of nitrogens with zero attached hydrogens (tertiary/aromatic N) is 1. The molecule has 1 aromatic rings. The summed E-state index contributed by atoms with van der Waals surface area (Å²) < 4.78 is 4.95. The van der Waals surface area contributed by atoms with Crippen LogP contribution in [-0.2, 0) is 9.53 Å². The maximum atomic E-state index is 11.5. The molecule has 0 aliphatic carbocycles. The minimum Gasteiger partial charge on any atom is -0.464 e. The van der Waals surface area contributed by atoms with Crippen molar-refractivity contribution in [3.63, 3.8) is 0 Å². The number of rotatable bonds is 3. The molecule has 0 N–H and O–H groups in total. The van der Waals surface area contributed by atoms with Crippen LogP contribution in [0.3, 0.4) is 0 Å². The summed E-state index contributed by atoms with van der Waals surface area (Å²) in [6, 6.07) is 7.07. The van der Waals surface area contributed by atoms with Crippen LogP contribution in [0, 0.1) is 0 Å². The van der Waals surface area contributed by atoms with Gasteiger partial charge < -0.3 is 4.74 Å². The van der Waals surface area contributed by atoms with Crippen LogP contribution >= 0.6 is 23.4 Å². The Balaban J connectivity index is 2.11. The monoisotopic (exact) mass is 269 g/mol. The Kier molecular flexibility index (Phi) is 4.07. The van der Waals surface area contributed by atoms with Gasteiger partial charge in [0.25, 0.3) is 0 Å². The summed E-state index contributed by atoms with van der Waals surface area (Å²) in [5, 5.41) is 1.57. The fraction of sp³-hybridized carbons (Fsp3) is 0.333. The average molecular weight is 270 g/mol. The van der Waals surface area contributed by atoms with Gasteiger partial charge in [-0.25, -0.2) is 4.79 Å². The van der Waals surface area contributed by atoms with Crippen LogP contribution in [0.5, 0.6) is 0 Å². The molecule has 0 aromatic heterocycles. The van der Waals surface area contributed by atoms with E-state index in [0.717, 1.165) is 10.6 Å². The number of esters is 1. The van der Waals surface area contributed by atoms with Crippen molar-refractivity contribution in [1.82, 2.24) is 0 Å². The largest absolute Gasteiger partial charge is 0.464 e. The first kappa shape index (κ1) is 12.5. The van der Waals surface area contributed by atoms with Crippen LogP contribution in [0.4, 0.5) is 0 Å². The molecule has 17 heavy (non-hydrogen) atoms. The predicted molar refractivity (Wildman–Crippen MR) is 70.9 cm³/mol. The van der Waals surface area contributed by atoms with E-state index in [1.807, 2.05) is 24.3 Å². The van der Waals surface area contributed by atoms with Gasteiger partial charge in [-0.1, -0.05) is 23.7 Å². The predicted octanol–water partition coefficient (Wildman–Crippen LogP) is 2.77. The third-order valence-corrected chi connectivity index (χ3v) is 3.65. The van der Waals surface area contributed by atoms with Gasteiger partial charge >= 0.3 is 5.97 Å². The van der Waals surface area contributed by atoms with Crippen molar-refractivity contribution < 1.29 is 9.53 Å². The molecule has 1 atom stereocenters. The molecule has 1 aliphatic heterocycles. The second kappa shape index (κ2) is 5.56. The number of carbonyl (C=O) groups is 1. The molecule has 0 bridgehead atoms. The lowest BCUT2D eigenvalue weighted by Gasteiger charge is -2.03. The molecule has 3 nitrogen and oxygen atoms in total. The zero-order chi connectivity index (χ0) is 12.3. The van der Waals surface area contributed by atoms with Gasteiger partial charge in [0, 0.05) is 16.3 Å². The summed E-state index contributed by atoms with van der Waals surface area (Å²) >= 11 is 7.39. The first-order valence-electron chi connectivity index (χ1n) is 5.34. The van der Waals surface area contributed by atoms with Crippen LogP contribution in [0.15, 0.2) is 29.3 Å². The van der Waals surface area contributed by atoms with E-state index in [4.69, 9.17) is 16.3 Å². The quantitative estimate of drug-likeness (QED) is 0.792. The Labute approximate surface area is 109 Å². The Bertz CT molecular complexity index is 444. The van der Waals surface area contributed by atoms with Gasteiger partial charge in [0.2, 0.25) is 0 Å². The van der Waals surface area contributed by atoms with Crippen molar-refractivity contribution in [1.29, 1.82) is 0 Å². The van der Waals surface area contributed by atoms with Crippen LogP contribution in [0.1, 0.15) is 12.5 Å². The summed E-state index contributed by atoms with van der Waals surface area (Å²) in [5.41, 5.74) is 0.992. The normalized spacial score (nSPS) is 18.9. The van der Waals surface area contributed by atoms with Crippen LogP contribution in [-0.4, -0.2) is 29.4 Å². The highest BCUT2D eigenvalue weighted by Crippen LogP contribution is 2.24. The molecule has 2 rings (SSSR count). The van der Waals surface area contributed by atoms with Gasteiger partial charge in [-0.05, 0) is 19.1 Å². The van der Waals surface area contributed by atoms with E-state index in [9.17, 15) is 4.79 Å². The van der Waals surface area contributed by atoms with E-state index in [1.54, 1.807) is 18.7 Å². The fourth-order valence-corrected chi connectivity index (χ4v) is 2.64. The highest BCUT2D eigenvalue weighted by atomic mass is 35.5. The molecule has 90 valence electrons. The minimum absolute atomic E-state index is 0.246. The van der Waals surface area contributed by atoms with E-state index >= 15 is 0 Å². The molecule has 0 amide bonds. The number of halogens is 1. The van der Waals surface area contributed by atoms with Gasteiger partial charge in [-0.15, -0.1) is 11.8 Å². The van der Waals surface area contributed by atoms with Crippen molar-refractivity contribution in [2.45, 2.75) is 13.0 Å². The molecular weight excluding hydrogens is 258 g/mol. The van der Waals surface area contributed by atoms with Crippen LogP contribution < -0.4 is 0 Å². The molecule has 0 spiro atoms. The molecule has 0 radical (unpaired) electrons. The third kappa shape index (κ3) is 3.01. The molecule has 1 aromatic carbocycles. The van der Waals surface area contributed by atoms with Crippen molar-refractivity contribution in [3.05, 3.63) is 34.9 Å². The number of carbonyl (C=O) groups excluding carboxylic acids is 1. The topological polar surface area (TPSA) is 38.7 Å². The maximum Gasteiger partial charge on any atom is 0.331 e. The second-order valence-corrected chi connectivity index (χ2v) is 4.97. The SMILES string of the molecule is CCOC(=O)C1CSC(c2ccc(Cl)cc2)=N1. The van der Waals surface area contributed by atoms with E-state index in [2.05, 4.69) is 4.99 Å². The van der Waals surface area contributed by atoms with E-state index in [1.165, 1.54) is 0 Å². The summed E-state index contributed by atoms with van der Waals surface area (Å²) in [6.45, 7) is 2.19. The Morgan fingerprint density at radius 2 is 2.24 bits per heavy atom. The molecule has 1 heterocycles. The second-order valence-electron chi connectivity index (χ2n) is 3.52. The summed E-state index contributed by atoms with van der Waals surface area (Å²) in [5.74, 6) is 0.403.